The molecule has 0 aromatic heterocycles. The van der Waals surface area contributed by atoms with Gasteiger partial charge in [-0.3, -0.25) is 0 Å². The van der Waals surface area contributed by atoms with Crippen molar-refractivity contribution in [2.24, 2.45) is 0 Å². The molecule has 0 saturated heterocycles. The first-order valence-corrected chi connectivity index (χ1v) is 4.59. The summed E-state index contributed by atoms with van der Waals surface area (Å²) in [6.07, 6.45) is 0. The average Bonchev–Trinajstić information content (AvgIpc) is 1.14. The second-order valence-corrected chi connectivity index (χ2v) is 3.68. The number of hydrogen-bond donors (Lipinski definition) is 4. The predicted octanol–water partition coefficient (Wildman–Crippen LogP) is -2.33. The standard InChI is InChI=1S/4K.H4O7P2/c;;;;1-8(2,3)7-9(4,5)6/h;;;;(H2,1,2,3)(H2,4,5,6). The molecule has 7 nitrogen and oxygen atoms in total. The molecule has 0 spiro atoms. The van der Waals surface area contributed by atoms with Gasteiger partial charge in [0, 0.05) is 206 Å². The van der Waals surface area contributed by atoms with E-state index in [1.807, 2.05) is 0 Å². The smallest absolute Gasteiger partial charge is 0.302 e. The summed E-state index contributed by atoms with van der Waals surface area (Å²) in [7, 11) is -10.1. The first-order valence-electron chi connectivity index (χ1n) is 1.53. The summed E-state index contributed by atoms with van der Waals surface area (Å²) < 4.78 is 22.2. The number of hydrogen-bond acceptors (Lipinski definition) is 3. The van der Waals surface area contributed by atoms with Crippen LogP contribution in [0.3, 0.4) is 0 Å². The molecule has 0 amide bonds. The van der Waals surface area contributed by atoms with Gasteiger partial charge in [0.05, 0.1) is 0 Å². The summed E-state index contributed by atoms with van der Waals surface area (Å²) in [5, 5.41) is 0. The van der Waals surface area contributed by atoms with Crippen LogP contribution < -0.4 is 0 Å². The van der Waals surface area contributed by atoms with Crippen LogP contribution in [-0.4, -0.2) is 225 Å². The predicted molar refractivity (Wildman–Crippen MR) is 48.2 cm³/mol. The minimum Gasteiger partial charge on any atom is -0.302 e. The fourth-order valence-electron chi connectivity index (χ4n) is 0.139. The molecule has 0 aliphatic carbocycles. The molecule has 60 valence electrons. The molecule has 0 fully saturated rings. The molecule has 0 aliphatic rings. The van der Waals surface area contributed by atoms with Gasteiger partial charge in [-0.05, 0) is 0 Å². The molecule has 0 aromatic carbocycles. The minimum atomic E-state index is -5.05. The number of rotatable bonds is 2. The third-order valence-corrected chi connectivity index (χ3v) is 1.91. The molecule has 0 saturated carbocycles. The van der Waals surface area contributed by atoms with E-state index in [2.05, 4.69) is 4.31 Å². The Morgan fingerprint density at radius 3 is 0.846 bits per heavy atom. The fraction of sp³-hybridized carbons (Fsp3) is 0. The Bertz CT molecular complexity index is 159. The van der Waals surface area contributed by atoms with Crippen LogP contribution in [0.4, 0.5) is 0 Å². The molecule has 4 radical (unpaired) electrons. The fourth-order valence-corrected chi connectivity index (χ4v) is 1.25. The van der Waals surface area contributed by atoms with Crippen molar-refractivity contribution in [2.75, 3.05) is 0 Å². The molecule has 0 unspecified atom stereocenters. The van der Waals surface area contributed by atoms with Crippen LogP contribution in [0.15, 0.2) is 0 Å². The van der Waals surface area contributed by atoms with Crippen LogP contribution in [0.1, 0.15) is 0 Å². The van der Waals surface area contributed by atoms with E-state index in [4.69, 9.17) is 19.6 Å². The maximum atomic E-state index is 9.63. The Morgan fingerprint density at radius 2 is 0.846 bits per heavy atom. The van der Waals surface area contributed by atoms with Crippen LogP contribution in [0.25, 0.3) is 0 Å². The van der Waals surface area contributed by atoms with E-state index in [0.717, 1.165) is 0 Å². The average molecular weight is 334 g/mol. The zero-order chi connectivity index (χ0) is 7.71. The van der Waals surface area contributed by atoms with Crippen molar-refractivity contribution < 1.29 is 33.0 Å². The van der Waals surface area contributed by atoms with Gasteiger partial charge in [0.15, 0.2) is 0 Å². The van der Waals surface area contributed by atoms with Gasteiger partial charge >= 0.3 is 15.6 Å². The van der Waals surface area contributed by atoms with Gasteiger partial charge in [0.1, 0.15) is 0 Å². The Morgan fingerprint density at radius 1 is 0.692 bits per heavy atom. The summed E-state index contributed by atoms with van der Waals surface area (Å²) in [4.78, 5) is 31.0. The van der Waals surface area contributed by atoms with E-state index < -0.39 is 15.6 Å². The summed E-state index contributed by atoms with van der Waals surface area (Å²) >= 11 is 0. The Balaban J connectivity index is -0.0000000533. The molecule has 4 N–H and O–H groups in total. The first-order chi connectivity index (χ1) is 3.71. The van der Waals surface area contributed by atoms with Crippen LogP contribution in [0.2, 0.25) is 0 Å². The van der Waals surface area contributed by atoms with Gasteiger partial charge in [-0.15, -0.1) is 0 Å². The molecule has 13 heteroatoms. The van der Waals surface area contributed by atoms with Crippen LogP contribution in [-0.2, 0) is 13.4 Å². The van der Waals surface area contributed by atoms with Crippen LogP contribution >= 0.6 is 15.6 Å². The first kappa shape index (κ1) is 32.0. The minimum absolute atomic E-state index is 0. The molecule has 0 heterocycles. The van der Waals surface area contributed by atoms with E-state index in [-0.39, 0.29) is 206 Å². The van der Waals surface area contributed by atoms with Crippen molar-refractivity contribution in [3.8, 4) is 0 Å². The molecule has 0 rings (SSSR count). The van der Waals surface area contributed by atoms with Gasteiger partial charge in [0.2, 0.25) is 0 Å². The van der Waals surface area contributed by atoms with E-state index in [1.165, 1.54) is 0 Å². The third kappa shape index (κ3) is 32.4. The Hall–Kier alpha value is 6.81. The molecule has 0 bridgehead atoms. The second-order valence-electron chi connectivity index (χ2n) is 1.06. The summed E-state index contributed by atoms with van der Waals surface area (Å²) in [5.41, 5.74) is 0. The molecule has 13 heavy (non-hydrogen) atoms. The van der Waals surface area contributed by atoms with Crippen molar-refractivity contribution in [1.82, 2.24) is 0 Å². The maximum Gasteiger partial charge on any atom is 0.478 e. The van der Waals surface area contributed by atoms with Crippen molar-refractivity contribution in [1.29, 1.82) is 0 Å². The van der Waals surface area contributed by atoms with E-state index >= 15 is 0 Å². The second kappa shape index (κ2) is 15.2. The normalized spacial score (nSPS) is 9.54. The summed E-state index contributed by atoms with van der Waals surface area (Å²) in [5.74, 6) is 0. The van der Waals surface area contributed by atoms with E-state index in [0.29, 0.717) is 0 Å². The van der Waals surface area contributed by atoms with Gasteiger partial charge < -0.3 is 19.6 Å². The number of phosphoric acid groups is 2. The van der Waals surface area contributed by atoms with Crippen molar-refractivity contribution in [2.45, 2.75) is 0 Å². The molecular weight excluding hydrogens is 330 g/mol. The molecule has 0 aliphatic heterocycles. The molecule has 0 atom stereocenters. The van der Waals surface area contributed by atoms with Crippen molar-refractivity contribution in [3.63, 3.8) is 0 Å². The van der Waals surface area contributed by atoms with E-state index in [1.54, 1.807) is 0 Å². The van der Waals surface area contributed by atoms with Crippen LogP contribution in [0, 0.1) is 0 Å². The van der Waals surface area contributed by atoms with Crippen molar-refractivity contribution >= 4 is 221 Å². The SMILES string of the molecule is O=P(O)(O)OP(=O)(O)O.[K].[K].[K].[K]. The monoisotopic (exact) mass is 334 g/mol. The zero-order valence-corrected chi connectivity index (χ0v) is 22.2. The van der Waals surface area contributed by atoms with Gasteiger partial charge in [-0.1, -0.05) is 0 Å². The molecular formula is H4K4O7P2. The van der Waals surface area contributed by atoms with Gasteiger partial charge in [-0.2, -0.15) is 4.31 Å². The third-order valence-electron chi connectivity index (χ3n) is 0.213. The Labute approximate surface area is 245 Å². The quantitative estimate of drug-likeness (QED) is 0.330. The largest absolute Gasteiger partial charge is 0.478 e. The maximum absolute atomic E-state index is 9.63. The summed E-state index contributed by atoms with van der Waals surface area (Å²) in [6, 6.07) is 0. The van der Waals surface area contributed by atoms with Crippen molar-refractivity contribution in [3.05, 3.63) is 0 Å². The molecule has 0 aromatic rings. The zero-order valence-electron chi connectivity index (χ0n) is 7.91. The van der Waals surface area contributed by atoms with Gasteiger partial charge in [0.25, 0.3) is 0 Å². The topological polar surface area (TPSA) is 124 Å². The Kier molecular flexibility index (Phi) is 37.4. The van der Waals surface area contributed by atoms with Gasteiger partial charge in [-0.25, -0.2) is 9.13 Å². The van der Waals surface area contributed by atoms with E-state index in [9.17, 15) is 9.13 Å². The summed E-state index contributed by atoms with van der Waals surface area (Å²) in [6.45, 7) is 0. The van der Waals surface area contributed by atoms with Crippen LogP contribution in [0.5, 0.6) is 0 Å².